The number of benzene rings is 3. The molecule has 200 valence electrons. The molecule has 2 amide bonds. The summed E-state index contributed by atoms with van der Waals surface area (Å²) in [6.07, 6.45) is 1.55. The average Bonchev–Trinajstić information content (AvgIpc) is 3.53. The number of hydrogen-bond donors (Lipinski definition) is 6. The number of aromatic amines is 2. The average molecular weight is 544 g/mol. The molecule has 0 fully saturated rings. The summed E-state index contributed by atoms with van der Waals surface area (Å²) in [5, 5.41) is 20.8. The van der Waals surface area contributed by atoms with Gasteiger partial charge in [0.1, 0.15) is 0 Å². The molecule has 11 nitrogen and oxygen atoms in total. The van der Waals surface area contributed by atoms with E-state index in [9.17, 15) is 9.59 Å². The van der Waals surface area contributed by atoms with Gasteiger partial charge in [-0.25, -0.2) is 10.9 Å². The van der Waals surface area contributed by atoms with E-state index in [1.54, 1.807) is 18.2 Å². The number of rotatable bonds is 7. The van der Waals surface area contributed by atoms with Gasteiger partial charge in [-0.1, -0.05) is 30.3 Å². The van der Waals surface area contributed by atoms with Gasteiger partial charge >= 0.3 is 0 Å². The lowest BCUT2D eigenvalue weighted by Gasteiger charge is -2.20. The number of hydrogen-bond acceptors (Lipinski definition) is 6. The highest BCUT2D eigenvalue weighted by molar-refractivity contribution is 7.80. The first-order valence-corrected chi connectivity index (χ1v) is 12.5. The van der Waals surface area contributed by atoms with Crippen LogP contribution in [0.15, 0.2) is 66.7 Å². The molecule has 2 aromatic heterocycles. The summed E-state index contributed by atoms with van der Waals surface area (Å²) in [4.78, 5) is 22.7. The lowest BCUT2D eigenvalue weighted by atomic mass is 10.1. The number of fused-ring (bicyclic) bond motifs is 2. The summed E-state index contributed by atoms with van der Waals surface area (Å²) < 4.78 is 0. The Morgan fingerprint density at radius 2 is 1.62 bits per heavy atom. The van der Waals surface area contributed by atoms with Crippen LogP contribution in [0.5, 0.6) is 0 Å². The van der Waals surface area contributed by atoms with Crippen LogP contribution in [-0.4, -0.2) is 44.4 Å². The summed E-state index contributed by atoms with van der Waals surface area (Å²) in [6.45, 7) is 4.47. The molecule has 0 aliphatic rings. The van der Waals surface area contributed by atoms with Crippen molar-refractivity contribution in [1.29, 1.82) is 0 Å². The number of nitrogens with zero attached hydrogens (tertiary/aromatic N) is 3. The molecule has 12 heteroatoms. The molecule has 5 rings (SSSR count). The van der Waals surface area contributed by atoms with Crippen LogP contribution in [0.2, 0.25) is 0 Å². The summed E-state index contributed by atoms with van der Waals surface area (Å²) in [6, 6.07) is 21.0. The third kappa shape index (κ3) is 6.74. The van der Waals surface area contributed by atoms with Crippen LogP contribution in [0.4, 0.5) is 5.69 Å². The molecule has 0 atom stereocenters. The highest BCUT2D eigenvalue weighted by atomic mass is 32.1. The van der Waals surface area contributed by atoms with Crippen molar-refractivity contribution in [2.24, 2.45) is 5.84 Å². The Morgan fingerprint density at radius 3 is 2.26 bits per heavy atom. The standard InChI is InChI=1S/C18H19N5OS.C9H10N4O/c1-13-16-11-15(7-8-17(16)21-20-13)23(12-24)22-18(25)19-10-9-14-5-3-2-4-6-14;1-5-7-4-6(9(14)11-10)2-3-8(7)13-12-5/h2-8,11-12H,9-10H2,1H3,(H,20,21)(H2,19,22,25);2-4H,10H2,1H3,(H,11,14)(H,12,13). The number of carbonyl (C=O) groups is 2. The predicted octanol–water partition coefficient (Wildman–Crippen LogP) is 2.93. The van der Waals surface area contributed by atoms with Crippen molar-refractivity contribution in [2.45, 2.75) is 20.3 Å². The van der Waals surface area contributed by atoms with Gasteiger partial charge in [-0.15, -0.1) is 0 Å². The highest BCUT2D eigenvalue weighted by Crippen LogP contribution is 2.21. The van der Waals surface area contributed by atoms with E-state index in [1.807, 2.05) is 50.2 Å². The van der Waals surface area contributed by atoms with Crippen molar-refractivity contribution < 1.29 is 9.59 Å². The molecule has 0 unspecified atom stereocenters. The third-order valence-corrected chi connectivity index (χ3v) is 6.27. The van der Waals surface area contributed by atoms with Crippen LogP contribution in [0.25, 0.3) is 21.8 Å². The van der Waals surface area contributed by atoms with Gasteiger partial charge in [0.25, 0.3) is 5.91 Å². The van der Waals surface area contributed by atoms with E-state index in [4.69, 9.17) is 18.1 Å². The highest BCUT2D eigenvalue weighted by Gasteiger charge is 2.10. The van der Waals surface area contributed by atoms with Crippen molar-refractivity contribution in [1.82, 2.24) is 36.6 Å². The van der Waals surface area contributed by atoms with Crippen LogP contribution in [0.1, 0.15) is 27.3 Å². The summed E-state index contributed by atoms with van der Waals surface area (Å²) in [5.74, 6) is 4.74. The molecular weight excluding hydrogens is 514 g/mol. The van der Waals surface area contributed by atoms with Crippen molar-refractivity contribution >= 4 is 57.1 Å². The number of H-pyrrole nitrogens is 2. The zero-order valence-electron chi connectivity index (χ0n) is 21.5. The number of hydrazine groups is 2. The number of aryl methyl sites for hydroxylation is 2. The van der Waals surface area contributed by atoms with E-state index in [0.29, 0.717) is 29.3 Å². The van der Waals surface area contributed by atoms with Crippen molar-refractivity contribution in [3.63, 3.8) is 0 Å². The van der Waals surface area contributed by atoms with E-state index >= 15 is 0 Å². The molecule has 0 saturated carbocycles. The number of nitrogens with two attached hydrogens (primary N) is 1. The van der Waals surface area contributed by atoms with Gasteiger partial charge in [0.05, 0.1) is 28.1 Å². The van der Waals surface area contributed by atoms with Crippen LogP contribution >= 0.6 is 12.2 Å². The molecule has 7 N–H and O–H groups in total. The van der Waals surface area contributed by atoms with E-state index < -0.39 is 0 Å². The fraction of sp³-hybridized carbons (Fsp3) is 0.148. The minimum atomic E-state index is -0.299. The fourth-order valence-electron chi connectivity index (χ4n) is 3.92. The Labute approximate surface area is 230 Å². The van der Waals surface area contributed by atoms with Gasteiger partial charge in [0.15, 0.2) is 5.11 Å². The molecule has 0 radical (unpaired) electrons. The first-order chi connectivity index (χ1) is 18.9. The zero-order valence-corrected chi connectivity index (χ0v) is 22.3. The maximum absolute atomic E-state index is 11.4. The normalized spacial score (nSPS) is 10.4. The molecule has 5 aromatic rings. The molecule has 0 saturated heterocycles. The Kier molecular flexibility index (Phi) is 8.82. The van der Waals surface area contributed by atoms with Crippen LogP contribution in [0.3, 0.4) is 0 Å². The molecule has 39 heavy (non-hydrogen) atoms. The smallest absolute Gasteiger partial charge is 0.265 e. The van der Waals surface area contributed by atoms with Gasteiger partial charge in [-0.05, 0) is 74.4 Å². The minimum Gasteiger partial charge on any atom is -0.361 e. The lowest BCUT2D eigenvalue weighted by Crippen LogP contribution is -2.47. The topological polar surface area (TPSA) is 157 Å². The molecule has 0 bridgehead atoms. The summed E-state index contributed by atoms with van der Waals surface area (Å²) in [5.41, 5.74) is 11.0. The fourth-order valence-corrected chi connectivity index (χ4v) is 4.12. The van der Waals surface area contributed by atoms with Gasteiger partial charge in [-0.2, -0.15) is 10.2 Å². The first kappa shape index (κ1) is 27.2. The van der Waals surface area contributed by atoms with E-state index in [1.165, 1.54) is 10.6 Å². The second-order valence-corrected chi connectivity index (χ2v) is 9.07. The Morgan fingerprint density at radius 1 is 0.974 bits per heavy atom. The second kappa shape index (κ2) is 12.6. The summed E-state index contributed by atoms with van der Waals surface area (Å²) in [7, 11) is 0. The first-order valence-electron chi connectivity index (χ1n) is 12.1. The number of amides is 2. The molecule has 2 heterocycles. The van der Waals surface area contributed by atoms with E-state index in [-0.39, 0.29) is 5.91 Å². The van der Waals surface area contributed by atoms with Gasteiger partial charge in [0, 0.05) is 22.9 Å². The Hall–Kier alpha value is -4.81. The predicted molar refractivity (Wildman–Crippen MR) is 156 cm³/mol. The van der Waals surface area contributed by atoms with Crippen LogP contribution in [0, 0.1) is 13.8 Å². The van der Waals surface area contributed by atoms with Gasteiger partial charge < -0.3 is 5.32 Å². The number of carbonyl (C=O) groups excluding carboxylic acids is 2. The minimum absolute atomic E-state index is 0.299. The third-order valence-electron chi connectivity index (χ3n) is 6.03. The van der Waals surface area contributed by atoms with Crippen molar-refractivity contribution in [3.8, 4) is 0 Å². The number of nitrogens with one attached hydrogen (secondary N) is 5. The second-order valence-electron chi connectivity index (χ2n) is 8.66. The Balaban J connectivity index is 0.000000212. The number of nitrogen functional groups attached to an aromatic ring is 1. The maximum Gasteiger partial charge on any atom is 0.265 e. The van der Waals surface area contributed by atoms with Gasteiger partial charge in [-0.3, -0.25) is 30.6 Å². The Bertz CT molecular complexity index is 1600. The summed E-state index contributed by atoms with van der Waals surface area (Å²) >= 11 is 5.28. The quantitative estimate of drug-likeness (QED) is 0.0601. The molecule has 0 spiro atoms. The van der Waals surface area contributed by atoms with Crippen LogP contribution < -0.4 is 27.0 Å². The van der Waals surface area contributed by atoms with Crippen molar-refractivity contribution in [3.05, 3.63) is 89.2 Å². The molecule has 3 aromatic carbocycles. The van der Waals surface area contributed by atoms with Crippen LogP contribution in [-0.2, 0) is 11.2 Å². The molecule has 0 aliphatic carbocycles. The van der Waals surface area contributed by atoms with E-state index in [2.05, 4.69) is 48.7 Å². The molecular formula is C27H29N9O2S. The lowest BCUT2D eigenvalue weighted by molar-refractivity contribution is -0.107. The van der Waals surface area contributed by atoms with Crippen molar-refractivity contribution in [2.75, 3.05) is 11.6 Å². The maximum atomic E-state index is 11.4. The van der Waals surface area contributed by atoms with Gasteiger partial charge in [0.2, 0.25) is 6.41 Å². The number of aromatic nitrogens is 4. The SMILES string of the molecule is Cc1n[nH]c2ccc(C(=O)NN)cc12.Cc1n[nH]c2ccc(N(C=O)NC(=S)NCCc3ccccc3)cc12. The zero-order chi connectivity index (χ0) is 27.8. The monoisotopic (exact) mass is 543 g/mol. The number of anilines is 1. The number of thiocarbonyl (C=S) groups is 1. The largest absolute Gasteiger partial charge is 0.361 e. The van der Waals surface area contributed by atoms with E-state index in [0.717, 1.165) is 39.6 Å². The molecule has 0 aliphatic heterocycles.